The Morgan fingerprint density at radius 2 is 1.62 bits per heavy atom. The number of imidazole rings is 1. The molecule has 0 bridgehead atoms. The highest BCUT2D eigenvalue weighted by atomic mass is 35.5. The largest absolute Gasteiger partial charge is 0.326 e. The van der Waals surface area contributed by atoms with E-state index in [1.54, 1.807) is 12.5 Å². The zero-order chi connectivity index (χ0) is 14.7. The summed E-state index contributed by atoms with van der Waals surface area (Å²) in [5, 5.41) is 9.63. The molecule has 0 spiro atoms. The van der Waals surface area contributed by atoms with Gasteiger partial charge in [0.25, 0.3) is 0 Å². The first-order valence-electron chi connectivity index (χ1n) is 6.51. The monoisotopic (exact) mass is 293 g/mol. The number of hydrogen-bond acceptors (Lipinski definition) is 2. The Morgan fingerprint density at radius 3 is 2.14 bits per heavy atom. The quantitative estimate of drug-likeness (QED) is 0.731. The van der Waals surface area contributed by atoms with Crippen molar-refractivity contribution in [3.8, 4) is 6.07 Å². The lowest BCUT2D eigenvalue weighted by Crippen LogP contribution is -2.10. The fraction of sp³-hybridized carbons (Fsp3) is 0.0588. The Morgan fingerprint density at radius 1 is 1.00 bits per heavy atom. The van der Waals surface area contributed by atoms with Crippen molar-refractivity contribution >= 4 is 11.6 Å². The van der Waals surface area contributed by atoms with Crippen molar-refractivity contribution < 1.29 is 0 Å². The number of benzene rings is 2. The molecule has 1 unspecified atom stereocenters. The summed E-state index contributed by atoms with van der Waals surface area (Å²) in [6.07, 6.45) is 5.47. The Kier molecular flexibility index (Phi) is 3.72. The maximum atomic E-state index is 8.92. The van der Waals surface area contributed by atoms with Crippen LogP contribution in [0.4, 0.5) is 0 Å². The van der Waals surface area contributed by atoms with Crippen LogP contribution >= 0.6 is 11.6 Å². The summed E-state index contributed by atoms with van der Waals surface area (Å²) in [7, 11) is 0. The third-order valence-electron chi connectivity index (χ3n) is 3.36. The van der Waals surface area contributed by atoms with E-state index in [2.05, 4.69) is 11.1 Å². The van der Waals surface area contributed by atoms with Gasteiger partial charge in [0.15, 0.2) is 0 Å². The number of rotatable bonds is 3. The van der Waals surface area contributed by atoms with Crippen LogP contribution in [0, 0.1) is 11.3 Å². The molecule has 0 fully saturated rings. The normalized spacial score (nSPS) is 11.8. The average Bonchev–Trinajstić information content (AvgIpc) is 3.04. The third kappa shape index (κ3) is 2.81. The summed E-state index contributed by atoms with van der Waals surface area (Å²) in [6, 6.07) is 17.5. The van der Waals surface area contributed by atoms with Crippen LogP contribution in [0.3, 0.4) is 0 Å². The van der Waals surface area contributed by atoms with Gasteiger partial charge in [-0.1, -0.05) is 35.9 Å². The molecule has 0 N–H and O–H groups in total. The van der Waals surface area contributed by atoms with E-state index in [1.165, 1.54) is 0 Å². The van der Waals surface area contributed by atoms with Crippen molar-refractivity contribution in [2.24, 2.45) is 0 Å². The molecule has 1 heterocycles. The molecule has 0 radical (unpaired) electrons. The molecule has 102 valence electrons. The molecule has 2 aromatic carbocycles. The van der Waals surface area contributed by atoms with Crippen molar-refractivity contribution in [2.75, 3.05) is 0 Å². The van der Waals surface area contributed by atoms with E-state index in [4.69, 9.17) is 16.9 Å². The predicted molar refractivity (Wildman–Crippen MR) is 82.1 cm³/mol. The molecule has 0 aliphatic carbocycles. The van der Waals surface area contributed by atoms with Crippen LogP contribution in [-0.2, 0) is 0 Å². The van der Waals surface area contributed by atoms with E-state index in [-0.39, 0.29) is 6.04 Å². The molecule has 0 saturated heterocycles. The molecule has 3 aromatic rings. The number of hydrogen-bond donors (Lipinski definition) is 0. The molecule has 1 aromatic heterocycles. The van der Waals surface area contributed by atoms with Gasteiger partial charge in [-0.2, -0.15) is 5.26 Å². The number of halogens is 1. The fourth-order valence-corrected chi connectivity index (χ4v) is 2.47. The topological polar surface area (TPSA) is 41.6 Å². The van der Waals surface area contributed by atoms with Crippen LogP contribution in [0.5, 0.6) is 0 Å². The molecule has 21 heavy (non-hydrogen) atoms. The minimum Gasteiger partial charge on any atom is -0.326 e. The SMILES string of the molecule is N#Cc1ccc(C(c2ccc(Cl)cc2)n2ccnc2)cc1. The smallest absolute Gasteiger partial charge is 0.0991 e. The van der Waals surface area contributed by atoms with Crippen molar-refractivity contribution in [1.29, 1.82) is 5.26 Å². The fourth-order valence-electron chi connectivity index (χ4n) is 2.34. The van der Waals surface area contributed by atoms with Gasteiger partial charge < -0.3 is 4.57 Å². The molecule has 4 heteroatoms. The van der Waals surface area contributed by atoms with Gasteiger partial charge in [-0.25, -0.2) is 4.98 Å². The van der Waals surface area contributed by atoms with Crippen molar-refractivity contribution in [3.05, 3.63) is 89.0 Å². The Labute approximate surface area is 128 Å². The molecule has 0 aliphatic heterocycles. The van der Waals surface area contributed by atoms with Gasteiger partial charge in [0, 0.05) is 17.4 Å². The highest BCUT2D eigenvalue weighted by Crippen LogP contribution is 2.27. The first kappa shape index (κ1) is 13.4. The second-order valence-corrected chi connectivity index (χ2v) is 5.13. The number of aromatic nitrogens is 2. The van der Waals surface area contributed by atoms with Crippen LogP contribution in [0.25, 0.3) is 0 Å². The number of nitriles is 1. The summed E-state index contributed by atoms with van der Waals surface area (Å²) in [4.78, 5) is 4.13. The highest BCUT2D eigenvalue weighted by molar-refractivity contribution is 6.30. The molecule has 3 nitrogen and oxygen atoms in total. The lowest BCUT2D eigenvalue weighted by Gasteiger charge is -2.19. The van der Waals surface area contributed by atoms with Gasteiger partial charge in [0.1, 0.15) is 0 Å². The molecule has 1 atom stereocenters. The molecular formula is C17H12ClN3. The molecule has 3 rings (SSSR count). The predicted octanol–water partition coefficient (Wildman–Crippen LogP) is 4.05. The first-order valence-corrected chi connectivity index (χ1v) is 6.88. The van der Waals surface area contributed by atoms with E-state index >= 15 is 0 Å². The molecule has 0 amide bonds. The highest BCUT2D eigenvalue weighted by Gasteiger charge is 2.15. The van der Waals surface area contributed by atoms with E-state index in [1.807, 2.05) is 59.3 Å². The van der Waals surface area contributed by atoms with Crippen molar-refractivity contribution in [1.82, 2.24) is 9.55 Å². The van der Waals surface area contributed by atoms with Crippen LogP contribution in [-0.4, -0.2) is 9.55 Å². The second kappa shape index (κ2) is 5.82. The summed E-state index contributed by atoms with van der Waals surface area (Å²) in [6.45, 7) is 0. The van der Waals surface area contributed by atoms with Crippen LogP contribution in [0.1, 0.15) is 22.7 Å². The van der Waals surface area contributed by atoms with Crippen LogP contribution < -0.4 is 0 Å². The Balaban J connectivity index is 2.08. The van der Waals surface area contributed by atoms with Gasteiger partial charge in [0.2, 0.25) is 0 Å². The Bertz CT molecular complexity index is 753. The number of nitrogens with zero attached hydrogens (tertiary/aromatic N) is 3. The van der Waals surface area contributed by atoms with Crippen LogP contribution in [0.15, 0.2) is 67.3 Å². The molecule has 0 aliphatic rings. The minimum atomic E-state index is 0.0116. The maximum Gasteiger partial charge on any atom is 0.0991 e. The lowest BCUT2D eigenvalue weighted by molar-refractivity contribution is 0.677. The van der Waals surface area contributed by atoms with Gasteiger partial charge >= 0.3 is 0 Å². The maximum absolute atomic E-state index is 8.92. The zero-order valence-electron chi connectivity index (χ0n) is 11.1. The average molecular weight is 294 g/mol. The van der Waals surface area contributed by atoms with Gasteiger partial charge in [-0.05, 0) is 35.4 Å². The lowest BCUT2D eigenvalue weighted by atomic mass is 9.97. The van der Waals surface area contributed by atoms with E-state index in [0.717, 1.165) is 11.1 Å². The summed E-state index contributed by atoms with van der Waals surface area (Å²) < 4.78 is 2.03. The summed E-state index contributed by atoms with van der Waals surface area (Å²) in [5.74, 6) is 0. The first-order chi connectivity index (χ1) is 10.3. The van der Waals surface area contributed by atoms with Crippen molar-refractivity contribution in [2.45, 2.75) is 6.04 Å². The van der Waals surface area contributed by atoms with Gasteiger partial charge in [-0.3, -0.25) is 0 Å². The van der Waals surface area contributed by atoms with E-state index in [9.17, 15) is 0 Å². The molecular weight excluding hydrogens is 282 g/mol. The molecule has 0 saturated carbocycles. The van der Waals surface area contributed by atoms with Gasteiger partial charge in [0.05, 0.1) is 24.0 Å². The van der Waals surface area contributed by atoms with E-state index < -0.39 is 0 Å². The summed E-state index contributed by atoms with van der Waals surface area (Å²) in [5.41, 5.74) is 2.86. The van der Waals surface area contributed by atoms with E-state index in [0.29, 0.717) is 10.6 Å². The minimum absolute atomic E-state index is 0.0116. The Hall–Kier alpha value is -2.57. The zero-order valence-corrected chi connectivity index (χ0v) is 11.9. The van der Waals surface area contributed by atoms with Crippen LogP contribution in [0.2, 0.25) is 5.02 Å². The standard InChI is InChI=1S/C17H12ClN3/c18-16-7-5-15(6-8-16)17(21-10-9-20-12-21)14-3-1-13(11-19)2-4-14/h1-10,12,17H. The third-order valence-corrected chi connectivity index (χ3v) is 3.62. The van der Waals surface area contributed by atoms with Crippen molar-refractivity contribution in [3.63, 3.8) is 0 Å². The second-order valence-electron chi connectivity index (χ2n) is 4.70. The summed E-state index contributed by atoms with van der Waals surface area (Å²) >= 11 is 5.97. The van der Waals surface area contributed by atoms with Gasteiger partial charge in [-0.15, -0.1) is 0 Å².